The van der Waals surface area contributed by atoms with Crippen LogP contribution in [-0.2, 0) is 20.4 Å². The molecule has 0 saturated heterocycles. The van der Waals surface area contributed by atoms with Crippen molar-refractivity contribution >= 4 is 67.7 Å². The molecule has 1 unspecified atom stereocenters. The predicted molar refractivity (Wildman–Crippen MR) is 145 cm³/mol. The molecule has 0 spiro atoms. The Labute approximate surface area is 227 Å². The van der Waals surface area contributed by atoms with Crippen molar-refractivity contribution in [3.8, 4) is 0 Å². The molecule has 0 amide bonds. The Hall–Kier alpha value is -3.69. The number of rotatable bonds is 5. The highest BCUT2D eigenvalue weighted by atomic mass is 32.2. The number of aryl methyl sites for hydroxylation is 2. The molecule has 3 aromatic heterocycles. The van der Waals surface area contributed by atoms with E-state index in [9.17, 15) is 14.4 Å². The number of ether oxygens (including phenoxy) is 2. The van der Waals surface area contributed by atoms with Crippen molar-refractivity contribution in [3.05, 3.63) is 50.6 Å². The number of carbonyl (C=O) groups excluding carboxylic acids is 2. The molecule has 38 heavy (non-hydrogen) atoms. The maximum Gasteiger partial charge on any atom is 0.359 e. The van der Waals surface area contributed by atoms with E-state index in [2.05, 4.69) is 30.3 Å². The van der Waals surface area contributed by atoms with Crippen molar-refractivity contribution in [3.63, 3.8) is 0 Å². The molecule has 4 heterocycles. The minimum atomic E-state index is -1.03. The third kappa shape index (κ3) is 4.56. The van der Waals surface area contributed by atoms with E-state index in [4.69, 9.17) is 9.47 Å². The summed E-state index contributed by atoms with van der Waals surface area (Å²) >= 11 is 2.92. The zero-order valence-corrected chi connectivity index (χ0v) is 23.4. The first kappa shape index (κ1) is 25.9. The van der Waals surface area contributed by atoms with Crippen LogP contribution in [0.4, 0.5) is 11.5 Å². The number of methoxy groups -OCH3 is 2. The average molecular weight is 573 g/mol. The van der Waals surface area contributed by atoms with Gasteiger partial charge in [0.05, 0.1) is 35.1 Å². The molecule has 0 radical (unpaired) electrons. The summed E-state index contributed by atoms with van der Waals surface area (Å²) in [5.74, 6) is -1.22. The van der Waals surface area contributed by atoms with Crippen LogP contribution >= 0.6 is 23.1 Å². The largest absolute Gasteiger partial charge is 0.464 e. The van der Waals surface area contributed by atoms with E-state index < -0.39 is 22.8 Å². The van der Waals surface area contributed by atoms with Crippen molar-refractivity contribution in [2.75, 3.05) is 36.8 Å². The molecule has 15 heteroatoms. The SMILES string of the molecule is COC(=O)c1nc2c(nc1C(=O)OC)[S+](c1c(C)nc(SC)[nH]c1=O)CN(c1ccc3sc(C)nc3c1)N2. The maximum absolute atomic E-state index is 13.3. The number of anilines is 2. The summed E-state index contributed by atoms with van der Waals surface area (Å²) in [6, 6.07) is 5.84. The second-order valence-corrected chi connectivity index (χ2v) is 11.9. The topological polar surface area (TPSA) is 152 Å². The van der Waals surface area contributed by atoms with Crippen LogP contribution < -0.4 is 16.0 Å². The van der Waals surface area contributed by atoms with Gasteiger partial charge in [-0.25, -0.2) is 29.5 Å². The van der Waals surface area contributed by atoms with Crippen LogP contribution in [0, 0.1) is 13.8 Å². The minimum Gasteiger partial charge on any atom is -0.464 e. The van der Waals surface area contributed by atoms with Gasteiger partial charge in [-0.1, -0.05) is 11.8 Å². The number of thiazole rings is 1. The van der Waals surface area contributed by atoms with Gasteiger partial charge in [0, 0.05) is 0 Å². The first-order valence-electron chi connectivity index (χ1n) is 11.1. The number of esters is 2. The monoisotopic (exact) mass is 572 g/mol. The van der Waals surface area contributed by atoms with Crippen LogP contribution in [0.3, 0.4) is 0 Å². The number of hydrogen-bond acceptors (Lipinski definition) is 13. The van der Waals surface area contributed by atoms with Crippen LogP contribution in [0.2, 0.25) is 0 Å². The highest BCUT2D eigenvalue weighted by Crippen LogP contribution is 2.36. The minimum absolute atomic E-state index is 0.204. The first-order chi connectivity index (χ1) is 18.2. The molecule has 12 nitrogen and oxygen atoms in total. The van der Waals surface area contributed by atoms with E-state index in [0.29, 0.717) is 20.8 Å². The van der Waals surface area contributed by atoms with Crippen molar-refractivity contribution < 1.29 is 19.1 Å². The molecule has 1 aliphatic heterocycles. The Balaban J connectivity index is 1.72. The molecule has 0 aliphatic carbocycles. The lowest BCUT2D eigenvalue weighted by molar-refractivity contribution is 0.0543. The van der Waals surface area contributed by atoms with Gasteiger partial charge < -0.3 is 9.47 Å². The van der Waals surface area contributed by atoms with Gasteiger partial charge in [-0.05, 0) is 38.3 Å². The highest BCUT2D eigenvalue weighted by molar-refractivity contribution is 7.98. The Kier molecular flexibility index (Phi) is 6.98. The zero-order chi connectivity index (χ0) is 27.1. The molecule has 0 saturated carbocycles. The zero-order valence-electron chi connectivity index (χ0n) is 20.9. The number of benzene rings is 1. The summed E-state index contributed by atoms with van der Waals surface area (Å²) in [5, 5.41) is 3.57. The summed E-state index contributed by atoms with van der Waals surface area (Å²) in [6.45, 7) is 3.70. The number of hydrazine groups is 1. The Morgan fingerprint density at radius 2 is 1.79 bits per heavy atom. The van der Waals surface area contributed by atoms with Crippen molar-refractivity contribution in [2.45, 2.75) is 28.9 Å². The fourth-order valence-electron chi connectivity index (χ4n) is 3.93. The number of H-pyrrole nitrogens is 1. The molecule has 1 aliphatic rings. The maximum atomic E-state index is 13.3. The van der Waals surface area contributed by atoms with Gasteiger partial charge in [0.2, 0.25) is 16.6 Å². The normalized spacial score (nSPS) is 14.7. The van der Waals surface area contributed by atoms with Gasteiger partial charge in [0.1, 0.15) is 16.6 Å². The predicted octanol–water partition coefficient (Wildman–Crippen LogP) is 2.92. The first-order valence-corrected chi connectivity index (χ1v) is 14.5. The number of aromatic amines is 1. The van der Waals surface area contributed by atoms with Gasteiger partial charge in [-0.15, -0.1) is 11.3 Å². The van der Waals surface area contributed by atoms with E-state index in [0.717, 1.165) is 20.9 Å². The number of hydrogen-bond donors (Lipinski definition) is 2. The van der Waals surface area contributed by atoms with Crippen LogP contribution in [0.5, 0.6) is 0 Å². The quantitative estimate of drug-likeness (QED) is 0.156. The van der Waals surface area contributed by atoms with Crippen molar-refractivity contribution in [1.29, 1.82) is 0 Å². The molecular formula is C23H22N7O5S3+. The fourth-order valence-corrected chi connectivity index (χ4v) is 7.28. The highest BCUT2D eigenvalue weighted by Gasteiger charge is 2.44. The summed E-state index contributed by atoms with van der Waals surface area (Å²) < 4.78 is 10.7. The molecule has 0 fully saturated rings. The molecule has 0 bridgehead atoms. The van der Waals surface area contributed by atoms with Crippen molar-refractivity contribution in [2.24, 2.45) is 0 Å². The number of nitrogens with one attached hydrogen (secondary N) is 2. The van der Waals surface area contributed by atoms with E-state index >= 15 is 0 Å². The van der Waals surface area contributed by atoms with Crippen LogP contribution in [-0.4, -0.2) is 63.2 Å². The Morgan fingerprint density at radius 1 is 1.08 bits per heavy atom. The van der Waals surface area contributed by atoms with Gasteiger partial charge in [-0.2, -0.15) is 4.98 Å². The van der Waals surface area contributed by atoms with Crippen molar-refractivity contribution in [1.82, 2.24) is 24.9 Å². The summed E-state index contributed by atoms with van der Waals surface area (Å²) in [6.07, 6.45) is 1.82. The van der Waals surface area contributed by atoms with Crippen LogP contribution in [0.15, 0.2) is 38.1 Å². The molecule has 1 aromatic carbocycles. The molecule has 1 atom stereocenters. The van der Waals surface area contributed by atoms with E-state index in [1.54, 1.807) is 18.3 Å². The van der Waals surface area contributed by atoms with E-state index in [-0.39, 0.29) is 28.6 Å². The molecule has 196 valence electrons. The van der Waals surface area contributed by atoms with Gasteiger partial charge in [-0.3, -0.25) is 15.2 Å². The fraction of sp³-hybridized carbons (Fsp3) is 0.261. The number of fused-ring (bicyclic) bond motifs is 2. The third-order valence-electron chi connectivity index (χ3n) is 5.61. The third-order valence-corrected chi connectivity index (χ3v) is 9.38. The standard InChI is InChI=1S/C23H21N7O5S3/c1-10-17(19(31)28-23(24-10)36-5)38-9-30(12-6-7-14-13(8-12)25-11(2)37-14)29-18-20(38)27-16(22(33)35-4)15(26-18)21(32)34-3/h6-8H,9H2,1-5H3,(H-,24,26,28,29,31,33)/p+1. The average Bonchev–Trinajstić information content (AvgIpc) is 3.29. The van der Waals surface area contributed by atoms with Gasteiger partial charge in [0.15, 0.2) is 16.5 Å². The summed E-state index contributed by atoms with van der Waals surface area (Å²) in [7, 11) is 1.33. The Bertz CT molecular complexity index is 1650. The molecular weight excluding hydrogens is 550 g/mol. The Morgan fingerprint density at radius 3 is 2.45 bits per heavy atom. The lowest BCUT2D eigenvalue weighted by Gasteiger charge is -2.29. The number of thioether (sulfide) groups is 1. The number of nitrogens with zero attached hydrogens (tertiary/aromatic N) is 5. The summed E-state index contributed by atoms with van der Waals surface area (Å²) in [5.41, 5.74) is 4.41. The van der Waals surface area contributed by atoms with Crippen LogP contribution in [0.1, 0.15) is 31.7 Å². The lowest BCUT2D eigenvalue weighted by Crippen LogP contribution is -2.43. The van der Waals surface area contributed by atoms with Gasteiger partial charge >= 0.3 is 17.5 Å². The smallest absolute Gasteiger partial charge is 0.359 e. The van der Waals surface area contributed by atoms with E-state index in [1.807, 2.05) is 36.4 Å². The second-order valence-electron chi connectivity index (χ2n) is 7.99. The second kappa shape index (κ2) is 10.2. The van der Waals surface area contributed by atoms with Gasteiger partial charge in [0.25, 0.3) is 5.03 Å². The lowest BCUT2D eigenvalue weighted by atomic mass is 10.3. The summed E-state index contributed by atoms with van der Waals surface area (Å²) in [4.78, 5) is 59.6. The molecule has 2 N–H and O–H groups in total. The van der Waals surface area contributed by atoms with E-state index in [1.165, 1.54) is 26.0 Å². The molecule has 4 aromatic rings. The number of carbonyl (C=O) groups is 2. The molecule has 5 rings (SSSR count). The van der Waals surface area contributed by atoms with Crippen LogP contribution in [0.25, 0.3) is 10.2 Å². The number of aromatic nitrogens is 5.